The maximum Gasteiger partial charge on any atom is 0.241 e. The van der Waals surface area contributed by atoms with E-state index in [1.807, 2.05) is 72.9 Å². The summed E-state index contributed by atoms with van der Waals surface area (Å²) in [6.45, 7) is 1.56. The third kappa shape index (κ3) is 5.05. The Hall–Kier alpha value is -4.23. The number of benzene rings is 3. The zero-order valence-corrected chi connectivity index (χ0v) is 18.6. The summed E-state index contributed by atoms with van der Waals surface area (Å²) in [7, 11) is 0. The van der Waals surface area contributed by atoms with Gasteiger partial charge in [0.1, 0.15) is 0 Å². The number of hydrogen-bond acceptors (Lipinski definition) is 6. The van der Waals surface area contributed by atoms with Crippen molar-refractivity contribution in [3.05, 3.63) is 84.6 Å². The minimum atomic E-state index is -0.476. The fourth-order valence-electron chi connectivity index (χ4n) is 4.00. The second-order valence-electron chi connectivity index (χ2n) is 8.21. The average Bonchev–Trinajstić information content (AvgIpc) is 3.37. The van der Waals surface area contributed by atoms with Crippen LogP contribution in [0.3, 0.4) is 0 Å². The predicted molar refractivity (Wildman–Crippen MR) is 136 cm³/mol. The van der Waals surface area contributed by atoms with Crippen LogP contribution in [0.5, 0.6) is 0 Å². The van der Waals surface area contributed by atoms with Gasteiger partial charge in [0.05, 0.1) is 18.2 Å². The number of fused-ring (bicyclic) bond motifs is 1. The van der Waals surface area contributed by atoms with Crippen molar-refractivity contribution in [2.75, 3.05) is 23.8 Å². The zero-order valence-electron chi connectivity index (χ0n) is 18.6. The molecule has 1 atom stereocenters. The van der Waals surface area contributed by atoms with Crippen LogP contribution >= 0.6 is 0 Å². The van der Waals surface area contributed by atoms with Crippen LogP contribution in [0.25, 0.3) is 28.1 Å². The molecule has 1 aromatic heterocycles. The number of anilines is 3. The standard InChI is InChI=1S/C27H25N5O2/c28-25(33)12-7-18-3-1-4-19(15-18)24-6-2-5-20-16-29-27(32-26(20)24)31-22-10-8-21(9-11-22)30-23-13-14-34-17-23/h1-12,15-16,23,30H,13-14,17H2,(H2,28,33)(H,29,31,32)/t23-/m0/s1. The van der Waals surface area contributed by atoms with Gasteiger partial charge in [0, 0.05) is 41.2 Å². The molecule has 0 radical (unpaired) electrons. The van der Waals surface area contributed by atoms with E-state index in [0.29, 0.717) is 12.0 Å². The first kappa shape index (κ1) is 21.6. The maximum absolute atomic E-state index is 11.1. The molecule has 0 spiro atoms. The summed E-state index contributed by atoms with van der Waals surface area (Å²) in [5, 5.41) is 7.73. The first-order valence-corrected chi connectivity index (χ1v) is 11.2. The van der Waals surface area contributed by atoms with Gasteiger partial charge in [0.2, 0.25) is 11.9 Å². The van der Waals surface area contributed by atoms with Crippen LogP contribution in [0.15, 0.2) is 79.0 Å². The zero-order chi connectivity index (χ0) is 23.3. The Kier molecular flexibility index (Phi) is 6.18. The highest BCUT2D eigenvalue weighted by molar-refractivity contribution is 5.95. The van der Waals surface area contributed by atoms with Crippen molar-refractivity contribution in [1.29, 1.82) is 0 Å². The summed E-state index contributed by atoms with van der Waals surface area (Å²) in [5.74, 6) is 0.0463. The van der Waals surface area contributed by atoms with Gasteiger partial charge < -0.3 is 21.1 Å². The fourth-order valence-corrected chi connectivity index (χ4v) is 4.00. The number of para-hydroxylation sites is 1. The number of amides is 1. The Labute approximate surface area is 197 Å². The Balaban J connectivity index is 1.40. The minimum Gasteiger partial charge on any atom is -0.380 e. The molecule has 0 aliphatic carbocycles. The van der Waals surface area contributed by atoms with Crippen LogP contribution in [-0.2, 0) is 9.53 Å². The van der Waals surface area contributed by atoms with E-state index in [1.54, 1.807) is 6.08 Å². The van der Waals surface area contributed by atoms with Crippen molar-refractivity contribution in [2.45, 2.75) is 12.5 Å². The molecule has 0 saturated carbocycles. The van der Waals surface area contributed by atoms with Crippen LogP contribution < -0.4 is 16.4 Å². The Morgan fingerprint density at radius 1 is 1.06 bits per heavy atom. The van der Waals surface area contributed by atoms with Crippen LogP contribution in [0.2, 0.25) is 0 Å². The van der Waals surface area contributed by atoms with Gasteiger partial charge in [-0.05, 0) is 54.0 Å². The minimum absolute atomic E-state index is 0.367. The molecule has 4 aromatic rings. The van der Waals surface area contributed by atoms with Crippen molar-refractivity contribution < 1.29 is 9.53 Å². The molecule has 2 heterocycles. The van der Waals surface area contributed by atoms with E-state index in [9.17, 15) is 4.79 Å². The van der Waals surface area contributed by atoms with Crippen molar-refractivity contribution >= 4 is 40.2 Å². The summed E-state index contributed by atoms with van der Waals surface area (Å²) < 4.78 is 5.42. The topological polar surface area (TPSA) is 102 Å². The normalized spacial score (nSPS) is 15.6. The highest BCUT2D eigenvalue weighted by atomic mass is 16.5. The fraction of sp³-hybridized carbons (Fsp3) is 0.148. The molecule has 3 aromatic carbocycles. The molecule has 1 aliphatic rings. The van der Waals surface area contributed by atoms with Crippen molar-refractivity contribution in [2.24, 2.45) is 5.73 Å². The lowest BCUT2D eigenvalue weighted by Crippen LogP contribution is -2.18. The third-order valence-electron chi connectivity index (χ3n) is 5.69. The number of hydrogen-bond donors (Lipinski definition) is 3. The number of nitrogens with zero attached hydrogens (tertiary/aromatic N) is 2. The molecule has 170 valence electrons. The molecule has 5 rings (SSSR count). The summed E-state index contributed by atoms with van der Waals surface area (Å²) >= 11 is 0. The van der Waals surface area contributed by atoms with Gasteiger partial charge >= 0.3 is 0 Å². The van der Waals surface area contributed by atoms with Crippen molar-refractivity contribution in [1.82, 2.24) is 9.97 Å². The summed E-state index contributed by atoms with van der Waals surface area (Å²) in [6.07, 6.45) is 5.91. The molecule has 0 bridgehead atoms. The summed E-state index contributed by atoms with van der Waals surface area (Å²) in [5.41, 5.74) is 10.9. The average molecular weight is 452 g/mol. The number of aromatic nitrogens is 2. The molecule has 0 unspecified atom stereocenters. The number of rotatable bonds is 7. The first-order valence-electron chi connectivity index (χ1n) is 11.2. The van der Waals surface area contributed by atoms with Crippen LogP contribution in [0.1, 0.15) is 12.0 Å². The highest BCUT2D eigenvalue weighted by Gasteiger charge is 2.15. The number of primary amides is 1. The van der Waals surface area contributed by atoms with Gasteiger partial charge in [0.15, 0.2) is 0 Å². The number of nitrogens with one attached hydrogen (secondary N) is 2. The third-order valence-corrected chi connectivity index (χ3v) is 5.69. The number of ether oxygens (including phenoxy) is 1. The highest BCUT2D eigenvalue weighted by Crippen LogP contribution is 2.29. The molecular formula is C27H25N5O2. The van der Waals surface area contributed by atoms with E-state index < -0.39 is 5.91 Å². The Morgan fingerprint density at radius 2 is 1.88 bits per heavy atom. The van der Waals surface area contributed by atoms with Crippen LogP contribution in [-0.4, -0.2) is 35.1 Å². The van der Waals surface area contributed by atoms with Crippen molar-refractivity contribution in [3.8, 4) is 11.1 Å². The lowest BCUT2D eigenvalue weighted by molar-refractivity contribution is -0.113. The first-order chi connectivity index (χ1) is 16.6. The Bertz CT molecular complexity index is 1340. The lowest BCUT2D eigenvalue weighted by atomic mass is 10.0. The van der Waals surface area contributed by atoms with E-state index in [0.717, 1.165) is 58.6 Å². The number of nitrogens with two attached hydrogens (primary N) is 1. The predicted octanol–water partition coefficient (Wildman–Crippen LogP) is 4.74. The lowest BCUT2D eigenvalue weighted by Gasteiger charge is -2.13. The monoisotopic (exact) mass is 451 g/mol. The molecule has 4 N–H and O–H groups in total. The van der Waals surface area contributed by atoms with Gasteiger partial charge in [-0.15, -0.1) is 0 Å². The summed E-state index contributed by atoms with van der Waals surface area (Å²) in [4.78, 5) is 20.4. The van der Waals surface area contributed by atoms with Gasteiger partial charge in [-0.3, -0.25) is 4.79 Å². The van der Waals surface area contributed by atoms with Gasteiger partial charge in [-0.25, -0.2) is 9.97 Å². The molecule has 34 heavy (non-hydrogen) atoms. The molecule has 1 aliphatic heterocycles. The van der Waals surface area contributed by atoms with E-state index in [-0.39, 0.29) is 0 Å². The van der Waals surface area contributed by atoms with Gasteiger partial charge in [-0.2, -0.15) is 0 Å². The van der Waals surface area contributed by atoms with Crippen LogP contribution in [0, 0.1) is 0 Å². The molecule has 7 heteroatoms. The van der Waals surface area contributed by atoms with Crippen LogP contribution in [0.4, 0.5) is 17.3 Å². The quantitative estimate of drug-likeness (QED) is 0.351. The Morgan fingerprint density at radius 3 is 2.68 bits per heavy atom. The van der Waals surface area contributed by atoms with Crippen molar-refractivity contribution in [3.63, 3.8) is 0 Å². The van der Waals surface area contributed by atoms with Gasteiger partial charge in [-0.1, -0.05) is 36.4 Å². The molecule has 1 fully saturated rings. The molecule has 7 nitrogen and oxygen atoms in total. The maximum atomic E-state index is 11.1. The van der Waals surface area contributed by atoms with E-state index in [2.05, 4.69) is 15.6 Å². The summed E-state index contributed by atoms with van der Waals surface area (Å²) in [6, 6.07) is 22.4. The SMILES string of the molecule is NC(=O)C=Cc1cccc(-c2cccc3cnc(Nc4ccc(N[C@H]5CCOC5)cc4)nc23)c1. The number of carbonyl (C=O) groups is 1. The van der Waals surface area contributed by atoms with E-state index in [1.165, 1.54) is 6.08 Å². The second-order valence-corrected chi connectivity index (χ2v) is 8.21. The number of carbonyl (C=O) groups excluding carboxylic acids is 1. The largest absolute Gasteiger partial charge is 0.380 e. The second kappa shape index (κ2) is 9.72. The molecule has 1 amide bonds. The smallest absolute Gasteiger partial charge is 0.241 e. The molecular weight excluding hydrogens is 426 g/mol. The van der Waals surface area contributed by atoms with Gasteiger partial charge in [0.25, 0.3) is 0 Å². The van der Waals surface area contributed by atoms with E-state index >= 15 is 0 Å². The molecule has 1 saturated heterocycles. The van der Waals surface area contributed by atoms with E-state index in [4.69, 9.17) is 15.5 Å².